The summed E-state index contributed by atoms with van der Waals surface area (Å²) in [6, 6.07) is 12.1. The minimum absolute atomic E-state index is 0. The zero-order valence-corrected chi connectivity index (χ0v) is 21.6. The van der Waals surface area contributed by atoms with Crippen LogP contribution in [-0.4, -0.2) is 29.8 Å². The normalized spacial score (nSPS) is 11.2. The van der Waals surface area contributed by atoms with Crippen LogP contribution in [0.15, 0.2) is 58.9 Å². The lowest BCUT2D eigenvalue weighted by molar-refractivity contribution is -0.511. The van der Waals surface area contributed by atoms with Crippen LogP contribution in [0.4, 0.5) is 0 Å². The SMILES string of the molecule is Br.CCN=C(NCC)N/N=C/c1ccc(OCc2c[n+]3cc(C)ccc3n2C)cc1.[Br-]. The maximum atomic E-state index is 5.97. The van der Waals surface area contributed by atoms with Crippen LogP contribution in [-0.2, 0) is 13.7 Å². The molecular formula is C22H30Br2N6O. The van der Waals surface area contributed by atoms with Crippen molar-refractivity contribution in [1.82, 2.24) is 15.3 Å². The summed E-state index contributed by atoms with van der Waals surface area (Å²) in [5.41, 5.74) is 7.38. The second-order valence-corrected chi connectivity index (χ2v) is 6.73. The van der Waals surface area contributed by atoms with E-state index < -0.39 is 0 Å². The van der Waals surface area contributed by atoms with E-state index in [-0.39, 0.29) is 34.0 Å². The Balaban J connectivity index is 0.00000240. The van der Waals surface area contributed by atoms with Crippen LogP contribution in [0.1, 0.15) is 30.7 Å². The van der Waals surface area contributed by atoms with Crippen molar-refractivity contribution in [2.24, 2.45) is 17.1 Å². The number of aryl methyl sites for hydroxylation is 2. The molecule has 0 atom stereocenters. The summed E-state index contributed by atoms with van der Waals surface area (Å²) in [6.07, 6.45) is 5.98. The van der Waals surface area contributed by atoms with E-state index in [9.17, 15) is 0 Å². The lowest BCUT2D eigenvalue weighted by atomic mass is 10.2. The maximum absolute atomic E-state index is 5.97. The van der Waals surface area contributed by atoms with E-state index in [0.717, 1.165) is 29.2 Å². The highest BCUT2D eigenvalue weighted by molar-refractivity contribution is 8.93. The molecule has 3 rings (SSSR count). The Bertz CT molecular complexity index is 1010. The zero-order valence-electron chi connectivity index (χ0n) is 18.3. The minimum Gasteiger partial charge on any atom is -1.00 e. The van der Waals surface area contributed by atoms with E-state index in [4.69, 9.17) is 4.74 Å². The van der Waals surface area contributed by atoms with Gasteiger partial charge in [-0.25, -0.2) is 14.4 Å². The van der Waals surface area contributed by atoms with E-state index in [0.29, 0.717) is 19.1 Å². The van der Waals surface area contributed by atoms with Crippen molar-refractivity contribution in [3.05, 3.63) is 65.6 Å². The number of aliphatic imine (C=N–C) groups is 1. The van der Waals surface area contributed by atoms with Crippen LogP contribution < -0.4 is 36.9 Å². The first kappa shape index (κ1) is 26.6. The van der Waals surface area contributed by atoms with Crippen LogP contribution in [0.3, 0.4) is 0 Å². The molecule has 0 saturated heterocycles. The number of imidazole rings is 1. The smallest absolute Gasteiger partial charge is 0.286 e. The van der Waals surface area contributed by atoms with Crippen molar-refractivity contribution in [2.45, 2.75) is 27.4 Å². The molecule has 0 radical (unpaired) electrons. The molecule has 0 amide bonds. The minimum atomic E-state index is 0. The Kier molecular flexibility index (Phi) is 11.3. The first-order chi connectivity index (χ1) is 14.1. The standard InChI is InChI=1S/C22H29N6O.2BrH/c1-5-23-22(24-6-2)26-25-13-18-8-10-20(11-9-18)29-16-19-15-28-14-17(3)7-12-21(28)27(19)4;;/h7-15H,5-6,16H2,1-4H3,(H2,23,24,26);2*1H/q+1;;/p-1/b25-13+;;. The average molecular weight is 554 g/mol. The Morgan fingerprint density at radius 2 is 1.87 bits per heavy atom. The van der Waals surface area contributed by atoms with Gasteiger partial charge in [-0.15, -0.1) is 17.0 Å². The number of rotatable bonds is 7. The summed E-state index contributed by atoms with van der Waals surface area (Å²) < 4.78 is 10.2. The number of hydrogen-bond acceptors (Lipinski definition) is 3. The Labute approximate surface area is 204 Å². The monoisotopic (exact) mass is 552 g/mol. The predicted octanol–water partition coefficient (Wildman–Crippen LogP) is 0.142. The second kappa shape index (κ2) is 13.1. The number of guanidine groups is 1. The number of hydrazone groups is 1. The van der Waals surface area contributed by atoms with Gasteiger partial charge < -0.3 is 27.0 Å². The van der Waals surface area contributed by atoms with Gasteiger partial charge in [-0.05, 0) is 62.2 Å². The summed E-state index contributed by atoms with van der Waals surface area (Å²) in [5, 5.41) is 7.36. The summed E-state index contributed by atoms with van der Waals surface area (Å²) in [6.45, 7) is 8.10. The van der Waals surface area contributed by atoms with Gasteiger partial charge in [0.05, 0.1) is 19.5 Å². The van der Waals surface area contributed by atoms with Gasteiger partial charge in [0.25, 0.3) is 5.65 Å². The van der Waals surface area contributed by atoms with Crippen LogP contribution in [0.2, 0.25) is 0 Å². The highest BCUT2D eigenvalue weighted by atomic mass is 79.9. The molecule has 2 heterocycles. The van der Waals surface area contributed by atoms with Gasteiger partial charge in [-0.2, -0.15) is 5.10 Å². The molecular weight excluding hydrogens is 524 g/mol. The van der Waals surface area contributed by atoms with Gasteiger partial charge >= 0.3 is 0 Å². The average Bonchev–Trinajstić information content (AvgIpc) is 3.02. The molecule has 9 heteroatoms. The third-order valence-corrected chi connectivity index (χ3v) is 4.48. The number of nitrogens with one attached hydrogen (secondary N) is 2. The molecule has 31 heavy (non-hydrogen) atoms. The van der Waals surface area contributed by atoms with Gasteiger partial charge in [0.1, 0.15) is 11.9 Å². The van der Waals surface area contributed by atoms with Gasteiger partial charge in [0, 0.05) is 19.2 Å². The fraction of sp³-hybridized carbons (Fsp3) is 0.318. The highest BCUT2D eigenvalue weighted by Gasteiger charge is 2.14. The number of halogens is 2. The molecule has 0 fully saturated rings. The summed E-state index contributed by atoms with van der Waals surface area (Å²) in [7, 11) is 2.05. The van der Waals surface area contributed by atoms with Crippen LogP contribution in [0.25, 0.3) is 5.65 Å². The maximum Gasteiger partial charge on any atom is 0.286 e. The van der Waals surface area contributed by atoms with E-state index in [2.05, 4.69) is 68.3 Å². The molecule has 3 aromatic rings. The largest absolute Gasteiger partial charge is 1.00 e. The molecule has 0 aliphatic heterocycles. The molecule has 2 aromatic heterocycles. The van der Waals surface area contributed by atoms with Crippen molar-refractivity contribution in [3.63, 3.8) is 0 Å². The van der Waals surface area contributed by atoms with Gasteiger partial charge in [-0.3, -0.25) is 4.99 Å². The van der Waals surface area contributed by atoms with E-state index in [1.54, 1.807) is 6.21 Å². The summed E-state index contributed by atoms with van der Waals surface area (Å²) in [4.78, 5) is 4.30. The lowest BCUT2D eigenvalue weighted by Gasteiger charge is -2.06. The Hall–Kier alpha value is -2.39. The number of aromatic nitrogens is 2. The Morgan fingerprint density at radius 1 is 1.13 bits per heavy atom. The molecule has 0 aliphatic carbocycles. The molecule has 7 nitrogen and oxygen atoms in total. The number of ether oxygens (including phenoxy) is 1. The fourth-order valence-electron chi connectivity index (χ4n) is 2.97. The number of hydrogen-bond donors (Lipinski definition) is 2. The van der Waals surface area contributed by atoms with Crippen molar-refractivity contribution in [3.8, 4) is 5.75 Å². The van der Waals surface area contributed by atoms with E-state index in [1.807, 2.05) is 38.1 Å². The first-order valence-electron chi connectivity index (χ1n) is 9.87. The number of fused-ring (bicyclic) bond motifs is 1. The molecule has 0 bridgehead atoms. The molecule has 0 aliphatic rings. The number of nitrogens with zero attached hydrogens (tertiary/aromatic N) is 4. The van der Waals surface area contributed by atoms with E-state index in [1.165, 1.54) is 5.56 Å². The highest BCUT2D eigenvalue weighted by Crippen LogP contribution is 2.14. The molecule has 1 aromatic carbocycles. The molecule has 0 unspecified atom stereocenters. The van der Waals surface area contributed by atoms with Crippen LogP contribution in [0.5, 0.6) is 5.75 Å². The van der Waals surface area contributed by atoms with Crippen molar-refractivity contribution >= 4 is 34.8 Å². The van der Waals surface area contributed by atoms with Crippen molar-refractivity contribution in [1.29, 1.82) is 0 Å². The molecule has 168 valence electrons. The van der Waals surface area contributed by atoms with E-state index >= 15 is 0 Å². The van der Waals surface area contributed by atoms with Gasteiger partial charge in [0.2, 0.25) is 5.96 Å². The van der Waals surface area contributed by atoms with Crippen molar-refractivity contribution < 1.29 is 26.1 Å². The predicted molar refractivity (Wildman–Crippen MR) is 127 cm³/mol. The summed E-state index contributed by atoms with van der Waals surface area (Å²) in [5.74, 6) is 1.50. The summed E-state index contributed by atoms with van der Waals surface area (Å²) >= 11 is 0. The lowest BCUT2D eigenvalue weighted by Crippen LogP contribution is -3.00. The third-order valence-electron chi connectivity index (χ3n) is 4.48. The van der Waals surface area contributed by atoms with Gasteiger partial charge in [0.15, 0.2) is 12.3 Å². The quantitative estimate of drug-likeness (QED) is 0.189. The Morgan fingerprint density at radius 3 is 2.55 bits per heavy atom. The second-order valence-electron chi connectivity index (χ2n) is 6.73. The number of benzene rings is 1. The topological polar surface area (TPSA) is 67.0 Å². The molecule has 0 spiro atoms. The van der Waals surface area contributed by atoms with Gasteiger partial charge in [-0.1, -0.05) is 0 Å². The van der Waals surface area contributed by atoms with Crippen LogP contribution >= 0.6 is 17.0 Å². The fourth-order valence-corrected chi connectivity index (χ4v) is 2.97. The van der Waals surface area contributed by atoms with Crippen molar-refractivity contribution in [2.75, 3.05) is 13.1 Å². The third kappa shape index (κ3) is 7.36. The zero-order chi connectivity index (χ0) is 20.6. The number of pyridine rings is 1. The molecule has 0 saturated carbocycles. The van der Waals surface area contributed by atoms with Crippen LogP contribution in [0, 0.1) is 6.92 Å². The molecule has 2 N–H and O–H groups in total. The first-order valence-corrected chi connectivity index (χ1v) is 9.87.